The maximum Gasteiger partial charge on any atom is 0.153 e. The van der Waals surface area contributed by atoms with Crippen molar-refractivity contribution in [3.05, 3.63) is 23.3 Å². The van der Waals surface area contributed by atoms with Crippen LogP contribution in [0.15, 0.2) is 12.1 Å². The zero-order valence-corrected chi connectivity index (χ0v) is 12.0. The minimum Gasteiger partial charge on any atom is -0.496 e. The number of ether oxygens (including phenoxy) is 2. The van der Waals surface area contributed by atoms with E-state index in [1.807, 2.05) is 34.6 Å². The van der Waals surface area contributed by atoms with Gasteiger partial charge >= 0.3 is 0 Å². The molecule has 0 aliphatic rings. The van der Waals surface area contributed by atoms with Crippen LogP contribution in [0.3, 0.4) is 0 Å². The Bertz CT molecular complexity index is 319. The Morgan fingerprint density at radius 1 is 0.941 bits per heavy atom. The summed E-state index contributed by atoms with van der Waals surface area (Å²) in [7, 11) is 3.11. The molecule has 0 bridgehead atoms. The summed E-state index contributed by atoms with van der Waals surface area (Å²) in [6.45, 7) is 9.88. The molecule has 0 saturated carbocycles. The Labute approximate surface area is 105 Å². The van der Waals surface area contributed by atoms with Crippen LogP contribution >= 0.6 is 0 Å². The van der Waals surface area contributed by atoms with Gasteiger partial charge in [-0.15, -0.1) is 0 Å². The first-order valence-corrected chi connectivity index (χ1v) is 5.90. The first kappa shape index (κ1) is 17.9. The van der Waals surface area contributed by atoms with Crippen molar-refractivity contribution >= 4 is 6.29 Å². The van der Waals surface area contributed by atoms with Crippen molar-refractivity contribution in [3.63, 3.8) is 0 Å². The monoisotopic (exact) mass is 240 g/mol. The van der Waals surface area contributed by atoms with Gasteiger partial charge in [0.2, 0.25) is 0 Å². The largest absolute Gasteiger partial charge is 0.496 e. The normalized spacial score (nSPS) is 7.94. The van der Waals surface area contributed by atoms with E-state index >= 15 is 0 Å². The zero-order chi connectivity index (χ0) is 13.8. The van der Waals surface area contributed by atoms with E-state index in [1.54, 1.807) is 19.2 Å². The molecular formula is C14H24O3. The van der Waals surface area contributed by atoms with E-state index in [2.05, 4.69) is 0 Å². The van der Waals surface area contributed by atoms with E-state index in [-0.39, 0.29) is 0 Å². The molecule has 0 N–H and O–H groups in total. The summed E-state index contributed by atoms with van der Waals surface area (Å²) < 4.78 is 10.1. The van der Waals surface area contributed by atoms with E-state index in [1.165, 1.54) is 7.11 Å². The van der Waals surface area contributed by atoms with E-state index < -0.39 is 0 Å². The molecular weight excluding hydrogens is 216 g/mol. The lowest BCUT2D eigenvalue weighted by Gasteiger charge is -2.08. The van der Waals surface area contributed by atoms with Crippen LogP contribution < -0.4 is 9.47 Å². The van der Waals surface area contributed by atoms with E-state index in [0.29, 0.717) is 11.3 Å². The van der Waals surface area contributed by atoms with Gasteiger partial charge in [-0.05, 0) is 18.6 Å². The summed E-state index contributed by atoms with van der Waals surface area (Å²) in [5.41, 5.74) is 1.46. The number of carbonyl (C=O) groups is 1. The second-order valence-corrected chi connectivity index (χ2v) is 2.68. The number of hydrogen-bond donors (Lipinski definition) is 0. The quantitative estimate of drug-likeness (QED) is 0.752. The summed E-state index contributed by atoms with van der Waals surface area (Å²) in [4.78, 5) is 10.6. The predicted molar refractivity (Wildman–Crippen MR) is 72.4 cm³/mol. The number of aryl methyl sites for hydroxylation is 1. The molecule has 0 fully saturated rings. The van der Waals surface area contributed by atoms with Gasteiger partial charge < -0.3 is 9.47 Å². The molecule has 0 aliphatic heterocycles. The molecule has 0 spiro atoms. The maximum absolute atomic E-state index is 10.6. The van der Waals surface area contributed by atoms with Crippen molar-refractivity contribution in [3.8, 4) is 11.5 Å². The minimum absolute atomic E-state index is 0.539. The molecule has 0 aromatic heterocycles. The molecule has 0 amide bonds. The number of hydrogen-bond acceptors (Lipinski definition) is 3. The molecule has 0 radical (unpaired) electrons. The molecule has 17 heavy (non-hydrogen) atoms. The topological polar surface area (TPSA) is 35.5 Å². The Kier molecular flexibility index (Phi) is 11.6. The van der Waals surface area contributed by atoms with Crippen LogP contribution in [0, 0.1) is 6.92 Å². The fraction of sp³-hybridized carbons (Fsp3) is 0.500. The van der Waals surface area contributed by atoms with Crippen LogP contribution in [0.2, 0.25) is 0 Å². The van der Waals surface area contributed by atoms with Crippen LogP contribution in [-0.4, -0.2) is 20.5 Å². The molecule has 1 rings (SSSR count). The SMILES string of the molecule is CC.CC.COc1cc(OC)c(C=O)cc1C. The van der Waals surface area contributed by atoms with Crippen molar-refractivity contribution < 1.29 is 14.3 Å². The van der Waals surface area contributed by atoms with Crippen molar-refractivity contribution in [1.29, 1.82) is 0 Å². The van der Waals surface area contributed by atoms with Crippen molar-refractivity contribution in [1.82, 2.24) is 0 Å². The average molecular weight is 240 g/mol. The molecule has 98 valence electrons. The molecule has 3 nitrogen and oxygen atoms in total. The highest BCUT2D eigenvalue weighted by atomic mass is 16.5. The molecule has 0 heterocycles. The Morgan fingerprint density at radius 3 is 1.76 bits per heavy atom. The van der Waals surface area contributed by atoms with E-state index in [9.17, 15) is 4.79 Å². The van der Waals surface area contributed by atoms with Crippen LogP contribution in [0.25, 0.3) is 0 Å². The third-order valence-corrected chi connectivity index (χ3v) is 1.87. The molecule has 0 saturated heterocycles. The fourth-order valence-corrected chi connectivity index (χ4v) is 1.18. The standard InChI is InChI=1S/C10H12O3.2C2H6/c1-7-4-8(6-11)10(13-3)5-9(7)12-2;2*1-2/h4-6H,1-3H3;2*1-2H3. The number of methoxy groups -OCH3 is 2. The van der Waals surface area contributed by atoms with Crippen molar-refractivity contribution in [2.45, 2.75) is 34.6 Å². The maximum atomic E-state index is 10.6. The molecule has 3 heteroatoms. The number of carbonyl (C=O) groups excluding carboxylic acids is 1. The van der Waals surface area contributed by atoms with Gasteiger partial charge in [-0.25, -0.2) is 0 Å². The lowest BCUT2D eigenvalue weighted by molar-refractivity contribution is 0.112. The van der Waals surface area contributed by atoms with Crippen LogP contribution in [-0.2, 0) is 0 Å². The average Bonchev–Trinajstić information content (AvgIpc) is 2.42. The molecule has 1 aromatic carbocycles. The zero-order valence-electron chi connectivity index (χ0n) is 12.0. The first-order valence-electron chi connectivity index (χ1n) is 5.90. The van der Waals surface area contributed by atoms with Crippen LogP contribution in [0.1, 0.15) is 43.6 Å². The summed E-state index contributed by atoms with van der Waals surface area (Å²) in [5.74, 6) is 1.26. The van der Waals surface area contributed by atoms with E-state index in [0.717, 1.165) is 17.6 Å². The van der Waals surface area contributed by atoms with Crippen LogP contribution in [0.4, 0.5) is 0 Å². The van der Waals surface area contributed by atoms with Gasteiger partial charge in [0, 0.05) is 6.07 Å². The van der Waals surface area contributed by atoms with Gasteiger partial charge in [-0.2, -0.15) is 0 Å². The van der Waals surface area contributed by atoms with Gasteiger partial charge in [0.05, 0.1) is 19.8 Å². The number of benzene rings is 1. The van der Waals surface area contributed by atoms with Crippen molar-refractivity contribution in [2.75, 3.05) is 14.2 Å². The van der Waals surface area contributed by atoms with Gasteiger partial charge in [0.1, 0.15) is 11.5 Å². The highest BCUT2D eigenvalue weighted by molar-refractivity contribution is 5.80. The summed E-state index contributed by atoms with van der Waals surface area (Å²) >= 11 is 0. The number of aldehydes is 1. The fourth-order valence-electron chi connectivity index (χ4n) is 1.18. The lowest BCUT2D eigenvalue weighted by Crippen LogP contribution is -1.94. The predicted octanol–water partition coefficient (Wildman–Crippen LogP) is 3.88. The van der Waals surface area contributed by atoms with Gasteiger partial charge in [0.15, 0.2) is 6.29 Å². The second-order valence-electron chi connectivity index (χ2n) is 2.68. The summed E-state index contributed by atoms with van der Waals surface area (Å²) in [6, 6.07) is 3.45. The third-order valence-electron chi connectivity index (χ3n) is 1.87. The smallest absolute Gasteiger partial charge is 0.153 e. The summed E-state index contributed by atoms with van der Waals surface area (Å²) in [6.07, 6.45) is 0.769. The van der Waals surface area contributed by atoms with Crippen LogP contribution in [0.5, 0.6) is 11.5 Å². The summed E-state index contributed by atoms with van der Waals surface area (Å²) in [5, 5.41) is 0. The highest BCUT2D eigenvalue weighted by Gasteiger charge is 2.06. The highest BCUT2D eigenvalue weighted by Crippen LogP contribution is 2.27. The minimum atomic E-state index is 0.539. The molecule has 0 aliphatic carbocycles. The van der Waals surface area contributed by atoms with Gasteiger partial charge in [0.25, 0.3) is 0 Å². The lowest BCUT2D eigenvalue weighted by atomic mass is 10.1. The molecule has 0 unspecified atom stereocenters. The first-order chi connectivity index (χ1) is 8.22. The molecule has 0 atom stereocenters. The number of rotatable bonds is 3. The Hall–Kier alpha value is -1.51. The van der Waals surface area contributed by atoms with Gasteiger partial charge in [-0.1, -0.05) is 27.7 Å². The van der Waals surface area contributed by atoms with Gasteiger partial charge in [-0.3, -0.25) is 4.79 Å². The Morgan fingerprint density at radius 2 is 1.41 bits per heavy atom. The molecule has 1 aromatic rings. The third kappa shape index (κ3) is 5.38. The second kappa shape index (κ2) is 11.0. The Balaban J connectivity index is 0. The van der Waals surface area contributed by atoms with Crippen molar-refractivity contribution in [2.24, 2.45) is 0 Å². The van der Waals surface area contributed by atoms with E-state index in [4.69, 9.17) is 9.47 Å².